The fourth-order valence-corrected chi connectivity index (χ4v) is 3.30. The van der Waals surface area contributed by atoms with Gasteiger partial charge in [-0.15, -0.1) is 12.4 Å². The highest BCUT2D eigenvalue weighted by Gasteiger charge is 2.27. The molecule has 1 aliphatic heterocycles. The summed E-state index contributed by atoms with van der Waals surface area (Å²) in [6, 6.07) is 14.6. The average Bonchev–Trinajstić information content (AvgIpc) is 2.69. The van der Waals surface area contributed by atoms with Gasteiger partial charge in [-0.05, 0) is 49.1 Å². The van der Waals surface area contributed by atoms with Crippen molar-refractivity contribution in [2.75, 3.05) is 13.1 Å². The van der Waals surface area contributed by atoms with Gasteiger partial charge in [-0.3, -0.25) is 9.59 Å². The molecule has 0 spiro atoms. The van der Waals surface area contributed by atoms with Crippen LogP contribution in [0.4, 0.5) is 4.39 Å². The number of likely N-dealkylation sites (tertiary alicyclic amines) is 1. The van der Waals surface area contributed by atoms with Gasteiger partial charge in [0.1, 0.15) is 5.82 Å². The van der Waals surface area contributed by atoms with E-state index in [2.05, 4.69) is 5.32 Å². The summed E-state index contributed by atoms with van der Waals surface area (Å²) in [6.07, 6.45) is 1.87. The van der Waals surface area contributed by atoms with Crippen LogP contribution in [0, 0.1) is 5.82 Å². The Kier molecular flexibility index (Phi) is 7.96. The summed E-state index contributed by atoms with van der Waals surface area (Å²) in [5.74, 6) is -0.645. The predicted octanol–water partition coefficient (Wildman–Crippen LogP) is 2.54. The molecule has 0 aliphatic carbocycles. The molecule has 1 atom stereocenters. The van der Waals surface area contributed by atoms with Crippen LogP contribution in [-0.4, -0.2) is 41.9 Å². The van der Waals surface area contributed by atoms with Gasteiger partial charge in [-0.2, -0.15) is 0 Å². The highest BCUT2D eigenvalue weighted by molar-refractivity contribution is 5.94. The number of hydrogen-bond acceptors (Lipinski definition) is 3. The summed E-state index contributed by atoms with van der Waals surface area (Å²) < 4.78 is 13.0. The molecule has 0 bridgehead atoms. The molecule has 1 saturated heterocycles. The van der Waals surface area contributed by atoms with Gasteiger partial charge in [0.25, 0.3) is 5.91 Å². The van der Waals surface area contributed by atoms with Gasteiger partial charge >= 0.3 is 0 Å². The van der Waals surface area contributed by atoms with Crippen LogP contribution in [0.3, 0.4) is 0 Å². The lowest BCUT2D eigenvalue weighted by Gasteiger charge is -2.34. The summed E-state index contributed by atoms with van der Waals surface area (Å²) in [4.78, 5) is 26.6. The minimum Gasteiger partial charge on any atom is -0.349 e. The van der Waals surface area contributed by atoms with E-state index < -0.39 is 6.04 Å². The van der Waals surface area contributed by atoms with E-state index in [1.165, 1.54) is 24.3 Å². The highest BCUT2D eigenvalue weighted by Crippen LogP contribution is 2.14. The third kappa shape index (κ3) is 5.78. The van der Waals surface area contributed by atoms with Gasteiger partial charge in [0, 0.05) is 24.7 Å². The average molecular weight is 406 g/mol. The minimum absolute atomic E-state index is 0. The molecule has 1 aliphatic rings. The fourth-order valence-electron chi connectivity index (χ4n) is 3.30. The molecular weight excluding hydrogens is 381 g/mol. The second kappa shape index (κ2) is 10.2. The molecule has 150 valence electrons. The highest BCUT2D eigenvalue weighted by atomic mass is 35.5. The zero-order valence-electron chi connectivity index (χ0n) is 15.5. The predicted molar refractivity (Wildman–Crippen MR) is 109 cm³/mol. The van der Waals surface area contributed by atoms with E-state index >= 15 is 0 Å². The van der Waals surface area contributed by atoms with Crippen LogP contribution in [0.25, 0.3) is 0 Å². The van der Waals surface area contributed by atoms with Crippen LogP contribution in [0.1, 0.15) is 28.8 Å². The molecule has 3 N–H and O–H groups in total. The van der Waals surface area contributed by atoms with E-state index in [1.807, 2.05) is 30.3 Å². The topological polar surface area (TPSA) is 75.4 Å². The lowest BCUT2D eigenvalue weighted by molar-refractivity contribution is -0.133. The van der Waals surface area contributed by atoms with E-state index in [4.69, 9.17) is 5.73 Å². The number of amides is 2. The van der Waals surface area contributed by atoms with Crippen molar-refractivity contribution >= 4 is 24.2 Å². The Balaban J connectivity index is 0.00000280. The van der Waals surface area contributed by atoms with Gasteiger partial charge in [0.2, 0.25) is 5.91 Å². The van der Waals surface area contributed by atoms with Gasteiger partial charge in [0.05, 0.1) is 6.04 Å². The largest absolute Gasteiger partial charge is 0.349 e. The Labute approximate surface area is 170 Å². The Morgan fingerprint density at radius 1 is 1.07 bits per heavy atom. The number of rotatable bonds is 5. The van der Waals surface area contributed by atoms with Crippen molar-refractivity contribution in [3.8, 4) is 0 Å². The van der Waals surface area contributed by atoms with Crippen molar-refractivity contribution < 1.29 is 14.0 Å². The first kappa shape index (κ1) is 21.9. The number of nitrogens with two attached hydrogens (primary N) is 1. The Morgan fingerprint density at radius 3 is 2.29 bits per heavy atom. The SMILES string of the molecule is Cl.N[C@@H](Cc1ccccc1)C(=O)N1CCC(NC(=O)c2ccc(F)cc2)CC1. The number of halogens is 2. The van der Waals surface area contributed by atoms with Crippen molar-refractivity contribution in [3.05, 3.63) is 71.5 Å². The lowest BCUT2D eigenvalue weighted by atomic mass is 10.0. The molecule has 0 saturated carbocycles. The quantitative estimate of drug-likeness (QED) is 0.802. The van der Waals surface area contributed by atoms with Crippen LogP contribution in [0.5, 0.6) is 0 Å². The summed E-state index contributed by atoms with van der Waals surface area (Å²) in [5.41, 5.74) is 7.56. The normalized spacial score (nSPS) is 15.4. The van der Waals surface area contributed by atoms with Crippen LogP contribution in [-0.2, 0) is 11.2 Å². The number of benzene rings is 2. The second-order valence-corrected chi connectivity index (χ2v) is 6.88. The monoisotopic (exact) mass is 405 g/mol. The molecule has 2 amide bonds. The Bertz CT molecular complexity index is 778. The second-order valence-electron chi connectivity index (χ2n) is 6.88. The third-order valence-corrected chi connectivity index (χ3v) is 4.86. The van der Waals surface area contributed by atoms with E-state index in [9.17, 15) is 14.0 Å². The maximum absolute atomic E-state index is 13.0. The number of nitrogens with zero attached hydrogens (tertiary/aromatic N) is 1. The molecule has 2 aromatic carbocycles. The zero-order chi connectivity index (χ0) is 19.2. The number of carbonyl (C=O) groups is 2. The summed E-state index contributed by atoms with van der Waals surface area (Å²) in [5, 5.41) is 2.95. The minimum atomic E-state index is -0.558. The molecule has 5 nitrogen and oxygen atoms in total. The Morgan fingerprint density at radius 2 is 1.68 bits per heavy atom. The molecule has 0 radical (unpaired) electrons. The van der Waals surface area contributed by atoms with E-state index in [0.717, 1.165) is 5.56 Å². The molecular formula is C21H25ClFN3O2. The van der Waals surface area contributed by atoms with Crippen LogP contribution < -0.4 is 11.1 Å². The van der Waals surface area contributed by atoms with Crippen LogP contribution >= 0.6 is 12.4 Å². The maximum Gasteiger partial charge on any atom is 0.251 e. The third-order valence-electron chi connectivity index (χ3n) is 4.86. The number of piperidine rings is 1. The molecule has 1 heterocycles. The van der Waals surface area contributed by atoms with E-state index in [0.29, 0.717) is 37.9 Å². The smallest absolute Gasteiger partial charge is 0.251 e. The molecule has 1 fully saturated rings. The van der Waals surface area contributed by atoms with Crippen molar-refractivity contribution in [3.63, 3.8) is 0 Å². The maximum atomic E-state index is 13.0. The van der Waals surface area contributed by atoms with Crippen molar-refractivity contribution in [1.82, 2.24) is 10.2 Å². The molecule has 28 heavy (non-hydrogen) atoms. The molecule has 0 unspecified atom stereocenters. The zero-order valence-corrected chi connectivity index (χ0v) is 16.3. The van der Waals surface area contributed by atoms with Gasteiger partial charge in [-0.25, -0.2) is 4.39 Å². The fraction of sp³-hybridized carbons (Fsp3) is 0.333. The standard InChI is InChI=1S/C21H24FN3O2.ClH/c22-17-8-6-16(7-9-17)20(26)24-18-10-12-25(13-11-18)21(27)19(23)14-15-4-2-1-3-5-15;/h1-9,18-19H,10-14,23H2,(H,24,26);1H/t19-;/m0./s1. The van der Waals surface area contributed by atoms with Crippen molar-refractivity contribution in [1.29, 1.82) is 0 Å². The van der Waals surface area contributed by atoms with Gasteiger partial charge in [0.15, 0.2) is 0 Å². The number of nitrogens with one attached hydrogen (secondary N) is 1. The first-order valence-corrected chi connectivity index (χ1v) is 9.17. The summed E-state index contributed by atoms with van der Waals surface area (Å²) in [6.45, 7) is 1.13. The first-order chi connectivity index (χ1) is 13.0. The van der Waals surface area contributed by atoms with E-state index in [-0.39, 0.29) is 36.1 Å². The van der Waals surface area contributed by atoms with Gasteiger partial charge in [-0.1, -0.05) is 30.3 Å². The van der Waals surface area contributed by atoms with Crippen LogP contribution in [0.15, 0.2) is 54.6 Å². The molecule has 2 aromatic rings. The van der Waals surface area contributed by atoms with Crippen LogP contribution in [0.2, 0.25) is 0 Å². The molecule has 0 aromatic heterocycles. The van der Waals surface area contributed by atoms with Crippen molar-refractivity contribution in [2.24, 2.45) is 5.73 Å². The number of hydrogen-bond donors (Lipinski definition) is 2. The first-order valence-electron chi connectivity index (χ1n) is 9.17. The summed E-state index contributed by atoms with van der Waals surface area (Å²) in [7, 11) is 0. The lowest BCUT2D eigenvalue weighted by Crippen LogP contribution is -2.51. The van der Waals surface area contributed by atoms with Crippen molar-refractivity contribution in [2.45, 2.75) is 31.3 Å². The van der Waals surface area contributed by atoms with Gasteiger partial charge < -0.3 is 16.0 Å². The molecule has 3 rings (SSSR count). The Hall–Kier alpha value is -2.44. The summed E-state index contributed by atoms with van der Waals surface area (Å²) >= 11 is 0. The van der Waals surface area contributed by atoms with E-state index in [1.54, 1.807) is 4.90 Å². The molecule has 7 heteroatoms. The number of carbonyl (C=O) groups excluding carboxylic acids is 2.